The van der Waals surface area contributed by atoms with Crippen LogP contribution >= 0.6 is 23.2 Å². The van der Waals surface area contributed by atoms with E-state index in [-0.39, 0.29) is 32.8 Å². The number of benzene rings is 1. The first kappa shape index (κ1) is 25.7. The maximum atomic E-state index is 13.6. The highest BCUT2D eigenvalue weighted by atomic mass is 35.5. The largest absolute Gasteiger partial charge is 0.455 e. The van der Waals surface area contributed by atoms with Gasteiger partial charge in [-0.15, -0.1) is 5.10 Å². The molecule has 1 aromatic carbocycles. The first-order valence-electron chi connectivity index (χ1n) is 10.3. The summed E-state index contributed by atoms with van der Waals surface area (Å²) in [5.41, 5.74) is -2.16. The minimum atomic E-state index is -4.75. The highest BCUT2D eigenvalue weighted by molar-refractivity contribution is 6.32. The first-order chi connectivity index (χ1) is 17.0. The van der Waals surface area contributed by atoms with E-state index >= 15 is 0 Å². The van der Waals surface area contributed by atoms with E-state index in [9.17, 15) is 22.8 Å². The number of hydrogen-bond acceptors (Lipinski definition) is 6. The van der Waals surface area contributed by atoms with Gasteiger partial charge in [0, 0.05) is 24.3 Å². The van der Waals surface area contributed by atoms with Crippen LogP contribution in [0.25, 0.3) is 5.82 Å². The van der Waals surface area contributed by atoms with Gasteiger partial charge < -0.3 is 20.1 Å². The standard InChI is InChI=1S/C22H18Cl2F3N5O4/c1-11-6-12(23)7-13(19(33)28-2)17(11)30-20(34)15-8-16(36-21(9-35-10-21)22(25,26)27)31-32(15)18-14(24)4-3-5-29-18/h3-8H,9-10H2,1-2H3,(H,28,33)(H,30,34). The van der Waals surface area contributed by atoms with Crippen molar-refractivity contribution in [3.8, 4) is 11.7 Å². The van der Waals surface area contributed by atoms with E-state index in [1.165, 1.54) is 37.5 Å². The molecule has 190 valence electrons. The molecule has 14 heteroatoms. The fraction of sp³-hybridized carbons (Fsp3) is 0.273. The minimum Gasteiger partial charge on any atom is -0.455 e. The van der Waals surface area contributed by atoms with Gasteiger partial charge in [0.25, 0.3) is 17.4 Å². The number of carbonyl (C=O) groups excluding carboxylic acids is 2. The highest BCUT2D eigenvalue weighted by Gasteiger charge is 2.63. The van der Waals surface area contributed by atoms with Gasteiger partial charge in [0.05, 0.1) is 29.5 Å². The van der Waals surface area contributed by atoms with Crippen molar-refractivity contribution in [3.63, 3.8) is 0 Å². The van der Waals surface area contributed by atoms with E-state index in [4.69, 9.17) is 32.7 Å². The van der Waals surface area contributed by atoms with Gasteiger partial charge in [-0.25, -0.2) is 9.67 Å². The van der Waals surface area contributed by atoms with Crippen LogP contribution in [-0.4, -0.2) is 58.6 Å². The number of nitrogens with zero attached hydrogens (tertiary/aromatic N) is 3. The van der Waals surface area contributed by atoms with Crippen LogP contribution in [0, 0.1) is 6.92 Å². The molecule has 3 heterocycles. The van der Waals surface area contributed by atoms with Crippen LogP contribution in [0.15, 0.2) is 36.5 Å². The first-order valence-corrected chi connectivity index (χ1v) is 11.1. The molecule has 0 atom stereocenters. The monoisotopic (exact) mass is 543 g/mol. The quantitative estimate of drug-likeness (QED) is 0.482. The molecule has 0 radical (unpaired) electrons. The van der Waals surface area contributed by atoms with E-state index in [2.05, 4.69) is 20.7 Å². The zero-order valence-corrected chi connectivity index (χ0v) is 20.3. The molecule has 0 bridgehead atoms. The van der Waals surface area contributed by atoms with Gasteiger partial charge in [0.1, 0.15) is 5.69 Å². The Labute approximate surface area is 212 Å². The predicted octanol–water partition coefficient (Wildman–Crippen LogP) is 4.20. The zero-order chi connectivity index (χ0) is 26.3. The molecule has 9 nitrogen and oxygen atoms in total. The summed E-state index contributed by atoms with van der Waals surface area (Å²) in [4.78, 5) is 29.8. The van der Waals surface area contributed by atoms with Crippen molar-refractivity contribution in [1.82, 2.24) is 20.1 Å². The molecule has 3 aromatic rings. The van der Waals surface area contributed by atoms with Gasteiger partial charge >= 0.3 is 6.18 Å². The third-order valence-electron chi connectivity index (χ3n) is 5.36. The second-order valence-corrected chi connectivity index (χ2v) is 8.70. The number of ether oxygens (including phenoxy) is 2. The summed E-state index contributed by atoms with van der Waals surface area (Å²) in [6.07, 6.45) is -3.38. The number of hydrogen-bond donors (Lipinski definition) is 2. The summed E-state index contributed by atoms with van der Waals surface area (Å²) >= 11 is 12.3. The molecule has 4 rings (SSSR count). The predicted molar refractivity (Wildman–Crippen MR) is 124 cm³/mol. The normalized spacial score (nSPS) is 14.6. The van der Waals surface area contributed by atoms with E-state index in [1.807, 2.05) is 0 Å². The van der Waals surface area contributed by atoms with Crippen molar-refractivity contribution < 1.29 is 32.2 Å². The van der Waals surface area contributed by atoms with Crippen LogP contribution in [0.4, 0.5) is 18.9 Å². The molecule has 1 fully saturated rings. The van der Waals surface area contributed by atoms with Gasteiger partial charge in [-0.1, -0.05) is 23.2 Å². The summed E-state index contributed by atoms with van der Waals surface area (Å²) in [7, 11) is 1.41. The third kappa shape index (κ3) is 4.71. The summed E-state index contributed by atoms with van der Waals surface area (Å²) in [5, 5.41) is 9.44. The van der Waals surface area contributed by atoms with E-state index < -0.39 is 42.7 Å². The Hall–Kier alpha value is -3.35. The van der Waals surface area contributed by atoms with Gasteiger partial charge in [0.2, 0.25) is 5.88 Å². The maximum Gasteiger partial charge on any atom is 0.432 e. The summed E-state index contributed by atoms with van der Waals surface area (Å²) in [6, 6.07) is 6.93. The third-order valence-corrected chi connectivity index (χ3v) is 5.87. The van der Waals surface area contributed by atoms with Crippen LogP contribution in [-0.2, 0) is 4.74 Å². The molecule has 0 aliphatic carbocycles. The van der Waals surface area contributed by atoms with Crippen LogP contribution in [0.5, 0.6) is 5.88 Å². The molecular weight excluding hydrogens is 526 g/mol. The van der Waals surface area contributed by atoms with Crippen molar-refractivity contribution in [2.75, 3.05) is 25.6 Å². The van der Waals surface area contributed by atoms with Crippen LogP contribution < -0.4 is 15.4 Å². The van der Waals surface area contributed by atoms with Crippen molar-refractivity contribution in [1.29, 1.82) is 0 Å². The number of aromatic nitrogens is 3. The number of rotatable bonds is 6. The minimum absolute atomic E-state index is 0.0237. The smallest absolute Gasteiger partial charge is 0.432 e. The van der Waals surface area contributed by atoms with Crippen molar-refractivity contribution in [3.05, 3.63) is 63.4 Å². The highest BCUT2D eigenvalue weighted by Crippen LogP contribution is 2.40. The lowest BCUT2D eigenvalue weighted by Crippen LogP contribution is -2.64. The Morgan fingerprint density at radius 1 is 1.19 bits per heavy atom. The SMILES string of the molecule is CNC(=O)c1cc(Cl)cc(C)c1NC(=O)c1cc(OC2(C(F)(F)F)COC2)nn1-c1ncccc1Cl. The molecule has 0 unspecified atom stereocenters. The molecule has 2 N–H and O–H groups in total. The summed E-state index contributed by atoms with van der Waals surface area (Å²) in [5.74, 6) is -1.86. The fourth-order valence-electron chi connectivity index (χ4n) is 3.43. The number of carbonyl (C=O) groups is 2. The number of halogens is 5. The second-order valence-electron chi connectivity index (χ2n) is 7.85. The second kappa shape index (κ2) is 9.60. The van der Waals surface area contributed by atoms with Gasteiger partial charge in [-0.2, -0.15) is 13.2 Å². The lowest BCUT2D eigenvalue weighted by atomic mass is 10.0. The van der Waals surface area contributed by atoms with E-state index in [0.717, 1.165) is 10.7 Å². The molecule has 1 aliphatic heterocycles. The number of aryl methyl sites for hydroxylation is 1. The van der Waals surface area contributed by atoms with Crippen molar-refractivity contribution in [2.45, 2.75) is 18.7 Å². The summed E-state index contributed by atoms with van der Waals surface area (Å²) < 4.78 is 51.7. The van der Waals surface area contributed by atoms with Crippen LogP contribution in [0.1, 0.15) is 26.4 Å². The van der Waals surface area contributed by atoms with Gasteiger partial charge in [0.15, 0.2) is 5.82 Å². The fourth-order valence-corrected chi connectivity index (χ4v) is 3.91. The molecule has 0 saturated carbocycles. The molecule has 0 spiro atoms. The Kier molecular flexibility index (Phi) is 6.86. The molecular formula is C22H18Cl2F3N5O4. The number of nitrogens with one attached hydrogen (secondary N) is 2. The number of anilines is 1. The Morgan fingerprint density at radius 3 is 2.50 bits per heavy atom. The number of pyridine rings is 1. The Balaban J connectivity index is 1.78. The Morgan fingerprint density at radius 2 is 1.92 bits per heavy atom. The average Bonchev–Trinajstić information content (AvgIpc) is 3.20. The molecule has 1 saturated heterocycles. The van der Waals surface area contributed by atoms with E-state index in [1.54, 1.807) is 6.92 Å². The van der Waals surface area contributed by atoms with Crippen molar-refractivity contribution in [2.24, 2.45) is 0 Å². The lowest BCUT2D eigenvalue weighted by molar-refractivity contribution is -0.323. The van der Waals surface area contributed by atoms with Gasteiger partial charge in [-0.05, 0) is 36.8 Å². The lowest BCUT2D eigenvalue weighted by Gasteiger charge is -2.41. The average molecular weight is 544 g/mol. The molecule has 1 aliphatic rings. The zero-order valence-electron chi connectivity index (χ0n) is 18.7. The molecule has 2 amide bonds. The van der Waals surface area contributed by atoms with Crippen LogP contribution in [0.2, 0.25) is 10.0 Å². The van der Waals surface area contributed by atoms with Crippen molar-refractivity contribution >= 4 is 40.7 Å². The topological polar surface area (TPSA) is 107 Å². The van der Waals surface area contributed by atoms with E-state index in [0.29, 0.717) is 5.56 Å². The van der Waals surface area contributed by atoms with Crippen LogP contribution in [0.3, 0.4) is 0 Å². The maximum absolute atomic E-state index is 13.6. The summed E-state index contributed by atoms with van der Waals surface area (Å²) in [6.45, 7) is 0.169. The molecule has 2 aromatic heterocycles. The van der Waals surface area contributed by atoms with Gasteiger partial charge in [-0.3, -0.25) is 9.59 Å². The number of alkyl halides is 3. The number of amides is 2. The Bertz CT molecular complexity index is 1340. The molecule has 36 heavy (non-hydrogen) atoms.